The monoisotopic (exact) mass is 361 g/mol. The zero-order chi connectivity index (χ0) is 13.7. The zero-order valence-electron chi connectivity index (χ0n) is 10.6. The number of hydrogen-bond donors (Lipinski definition) is 1. The molecule has 0 aliphatic rings. The molecule has 0 radical (unpaired) electrons. The van der Waals surface area contributed by atoms with E-state index in [1.54, 1.807) is 6.07 Å². The van der Waals surface area contributed by atoms with E-state index in [0.717, 1.165) is 9.13 Å². The SMILES string of the molecule is CCC(NC(=O)c1cccc(C)c1I)C(=O)OC. The van der Waals surface area contributed by atoms with Crippen LogP contribution in [0.5, 0.6) is 0 Å². The Labute approximate surface area is 120 Å². The molecule has 1 rings (SSSR count). The van der Waals surface area contributed by atoms with Crippen LogP contribution in [0.4, 0.5) is 0 Å². The summed E-state index contributed by atoms with van der Waals surface area (Å²) in [7, 11) is 1.31. The zero-order valence-corrected chi connectivity index (χ0v) is 12.8. The van der Waals surface area contributed by atoms with Crippen LogP contribution in [-0.2, 0) is 9.53 Å². The molecule has 0 aliphatic heterocycles. The van der Waals surface area contributed by atoms with E-state index < -0.39 is 12.0 Å². The number of benzene rings is 1. The fourth-order valence-corrected chi connectivity index (χ4v) is 2.13. The van der Waals surface area contributed by atoms with Gasteiger partial charge in [-0.3, -0.25) is 4.79 Å². The molecule has 1 unspecified atom stereocenters. The van der Waals surface area contributed by atoms with Crippen molar-refractivity contribution in [2.24, 2.45) is 0 Å². The summed E-state index contributed by atoms with van der Waals surface area (Å²) >= 11 is 2.13. The number of rotatable bonds is 4. The summed E-state index contributed by atoms with van der Waals surface area (Å²) in [5, 5.41) is 2.68. The van der Waals surface area contributed by atoms with Crippen molar-refractivity contribution in [3.05, 3.63) is 32.9 Å². The lowest BCUT2D eigenvalue weighted by Crippen LogP contribution is -2.41. The van der Waals surface area contributed by atoms with Gasteiger partial charge in [0.2, 0.25) is 0 Å². The molecule has 18 heavy (non-hydrogen) atoms. The van der Waals surface area contributed by atoms with Gasteiger partial charge in [0.05, 0.1) is 12.7 Å². The van der Waals surface area contributed by atoms with E-state index in [1.165, 1.54) is 7.11 Å². The highest BCUT2D eigenvalue weighted by atomic mass is 127. The van der Waals surface area contributed by atoms with Crippen molar-refractivity contribution in [2.75, 3.05) is 7.11 Å². The van der Waals surface area contributed by atoms with Gasteiger partial charge in [0, 0.05) is 3.57 Å². The molecule has 98 valence electrons. The van der Waals surface area contributed by atoms with Crippen LogP contribution in [0, 0.1) is 10.5 Å². The maximum Gasteiger partial charge on any atom is 0.328 e. The Morgan fingerprint density at radius 1 is 1.44 bits per heavy atom. The minimum atomic E-state index is -0.598. The number of halogens is 1. The van der Waals surface area contributed by atoms with Gasteiger partial charge in [0.25, 0.3) is 5.91 Å². The Morgan fingerprint density at radius 3 is 2.67 bits per heavy atom. The van der Waals surface area contributed by atoms with Crippen molar-refractivity contribution in [3.63, 3.8) is 0 Å². The third-order valence-electron chi connectivity index (χ3n) is 2.64. The minimum absolute atomic E-state index is 0.250. The first kappa shape index (κ1) is 14.9. The van der Waals surface area contributed by atoms with Gasteiger partial charge >= 0.3 is 5.97 Å². The van der Waals surface area contributed by atoms with E-state index in [2.05, 4.69) is 32.6 Å². The average molecular weight is 361 g/mol. The first-order valence-electron chi connectivity index (χ1n) is 5.65. The van der Waals surface area contributed by atoms with Crippen LogP contribution in [-0.4, -0.2) is 25.0 Å². The molecule has 0 saturated heterocycles. The number of amides is 1. The highest BCUT2D eigenvalue weighted by molar-refractivity contribution is 14.1. The molecule has 0 saturated carbocycles. The van der Waals surface area contributed by atoms with Crippen LogP contribution >= 0.6 is 22.6 Å². The lowest BCUT2D eigenvalue weighted by atomic mass is 10.1. The molecular formula is C13H16INO3. The number of carbonyl (C=O) groups is 2. The fraction of sp³-hybridized carbons (Fsp3) is 0.385. The molecule has 0 aliphatic carbocycles. The number of ether oxygens (including phenoxy) is 1. The molecular weight excluding hydrogens is 345 g/mol. The van der Waals surface area contributed by atoms with Crippen LogP contribution in [0.2, 0.25) is 0 Å². The molecule has 0 spiro atoms. The number of hydrogen-bond acceptors (Lipinski definition) is 3. The highest BCUT2D eigenvalue weighted by Gasteiger charge is 2.21. The highest BCUT2D eigenvalue weighted by Crippen LogP contribution is 2.16. The summed E-state index contributed by atoms with van der Waals surface area (Å²) < 4.78 is 5.53. The second kappa shape index (κ2) is 6.72. The predicted octanol–water partition coefficient (Wildman–Crippen LogP) is 2.28. The van der Waals surface area contributed by atoms with E-state index in [0.29, 0.717) is 12.0 Å². The summed E-state index contributed by atoms with van der Waals surface area (Å²) in [5.41, 5.74) is 1.62. The standard InChI is InChI=1S/C13H16INO3/c1-4-10(13(17)18-3)15-12(16)9-7-5-6-8(2)11(9)14/h5-7,10H,4H2,1-3H3,(H,15,16). The topological polar surface area (TPSA) is 55.4 Å². The van der Waals surface area contributed by atoms with Gasteiger partial charge in [-0.15, -0.1) is 0 Å². The van der Waals surface area contributed by atoms with Gasteiger partial charge < -0.3 is 10.1 Å². The second-order valence-corrected chi connectivity index (χ2v) is 4.97. The van der Waals surface area contributed by atoms with Gasteiger partial charge in [0.15, 0.2) is 0 Å². The van der Waals surface area contributed by atoms with Crippen LogP contribution in [0.3, 0.4) is 0 Å². The third kappa shape index (κ3) is 3.44. The normalized spacial score (nSPS) is 11.8. The average Bonchev–Trinajstić information content (AvgIpc) is 2.37. The van der Waals surface area contributed by atoms with Gasteiger partial charge in [-0.25, -0.2) is 4.79 Å². The lowest BCUT2D eigenvalue weighted by Gasteiger charge is -2.15. The molecule has 0 heterocycles. The van der Waals surface area contributed by atoms with Crippen LogP contribution in [0.15, 0.2) is 18.2 Å². The van der Waals surface area contributed by atoms with Crippen LogP contribution < -0.4 is 5.32 Å². The molecule has 1 amide bonds. The maximum atomic E-state index is 12.1. The summed E-state index contributed by atoms with van der Waals surface area (Å²) in [4.78, 5) is 23.5. The first-order chi connectivity index (χ1) is 8.51. The third-order valence-corrected chi connectivity index (χ3v) is 4.07. The largest absolute Gasteiger partial charge is 0.467 e. The van der Waals surface area contributed by atoms with Crippen LogP contribution in [0.1, 0.15) is 29.3 Å². The molecule has 1 aromatic carbocycles. The Hall–Kier alpha value is -1.11. The Morgan fingerprint density at radius 2 is 2.11 bits per heavy atom. The Bertz CT molecular complexity index is 460. The molecule has 1 atom stereocenters. The van der Waals surface area contributed by atoms with Crippen molar-refractivity contribution in [1.82, 2.24) is 5.32 Å². The molecule has 0 fully saturated rings. The summed E-state index contributed by atoms with van der Waals surface area (Å²) in [6, 6.07) is 4.91. The number of methoxy groups -OCH3 is 1. The summed E-state index contributed by atoms with van der Waals surface area (Å²) in [6.07, 6.45) is 0.501. The number of nitrogens with one attached hydrogen (secondary N) is 1. The van der Waals surface area contributed by atoms with E-state index >= 15 is 0 Å². The lowest BCUT2D eigenvalue weighted by molar-refractivity contribution is -0.142. The Kier molecular flexibility index (Phi) is 5.58. The summed E-state index contributed by atoms with van der Waals surface area (Å²) in [6.45, 7) is 3.76. The van der Waals surface area contributed by atoms with E-state index in [4.69, 9.17) is 0 Å². The number of esters is 1. The van der Waals surface area contributed by atoms with Crippen LogP contribution in [0.25, 0.3) is 0 Å². The second-order valence-electron chi connectivity index (χ2n) is 3.89. The summed E-state index contributed by atoms with van der Waals surface area (Å²) in [5.74, 6) is -0.672. The minimum Gasteiger partial charge on any atom is -0.467 e. The molecule has 0 aromatic heterocycles. The molecule has 0 bridgehead atoms. The molecule has 1 aromatic rings. The van der Waals surface area contributed by atoms with E-state index in [1.807, 2.05) is 26.0 Å². The molecule has 4 nitrogen and oxygen atoms in total. The van der Waals surface area contributed by atoms with Crippen molar-refractivity contribution < 1.29 is 14.3 Å². The first-order valence-corrected chi connectivity index (χ1v) is 6.73. The van der Waals surface area contributed by atoms with Crippen molar-refractivity contribution in [1.29, 1.82) is 0 Å². The van der Waals surface area contributed by atoms with Crippen molar-refractivity contribution in [2.45, 2.75) is 26.3 Å². The van der Waals surface area contributed by atoms with Gasteiger partial charge in [-0.2, -0.15) is 0 Å². The van der Waals surface area contributed by atoms with Crippen molar-refractivity contribution >= 4 is 34.5 Å². The van der Waals surface area contributed by atoms with Crippen molar-refractivity contribution in [3.8, 4) is 0 Å². The smallest absolute Gasteiger partial charge is 0.328 e. The predicted molar refractivity (Wildman–Crippen MR) is 77.5 cm³/mol. The number of aryl methyl sites for hydroxylation is 1. The Balaban J connectivity index is 2.88. The number of carbonyl (C=O) groups excluding carboxylic acids is 2. The molecule has 1 N–H and O–H groups in total. The van der Waals surface area contributed by atoms with E-state index in [-0.39, 0.29) is 5.91 Å². The van der Waals surface area contributed by atoms with Gasteiger partial charge in [0.1, 0.15) is 6.04 Å². The fourth-order valence-electron chi connectivity index (χ4n) is 1.53. The van der Waals surface area contributed by atoms with Gasteiger partial charge in [-0.1, -0.05) is 19.1 Å². The maximum absolute atomic E-state index is 12.1. The molecule has 5 heteroatoms. The van der Waals surface area contributed by atoms with E-state index in [9.17, 15) is 9.59 Å². The van der Waals surface area contributed by atoms with Gasteiger partial charge in [-0.05, 0) is 47.6 Å². The quantitative estimate of drug-likeness (QED) is 0.661.